The van der Waals surface area contributed by atoms with E-state index >= 15 is 0 Å². The van der Waals surface area contributed by atoms with Crippen LogP contribution in [0.4, 0.5) is 8.78 Å². The Balaban J connectivity index is 2.70. The number of carbonyl (C=O) groups excluding carboxylic acids is 1. The van der Waals surface area contributed by atoms with Crippen LogP contribution in [0.5, 0.6) is 0 Å². The van der Waals surface area contributed by atoms with Gasteiger partial charge < -0.3 is 10.4 Å². The van der Waals surface area contributed by atoms with E-state index in [0.29, 0.717) is 6.42 Å². The summed E-state index contributed by atoms with van der Waals surface area (Å²) in [6, 6.07) is 1.48. The number of halogens is 3. The summed E-state index contributed by atoms with van der Waals surface area (Å²) < 4.78 is 25.8. The van der Waals surface area contributed by atoms with Crippen molar-refractivity contribution in [3.05, 3.63) is 34.4 Å². The summed E-state index contributed by atoms with van der Waals surface area (Å²) in [7, 11) is 0. The Bertz CT molecular complexity index is 440. The number of benzene rings is 1. The Kier molecular flexibility index (Phi) is 5.50. The third kappa shape index (κ3) is 3.92. The van der Waals surface area contributed by atoms with Crippen LogP contribution in [0.3, 0.4) is 0 Å². The van der Waals surface area contributed by atoms with Crippen molar-refractivity contribution >= 4 is 17.5 Å². The van der Waals surface area contributed by atoms with Gasteiger partial charge in [-0.05, 0) is 18.6 Å². The van der Waals surface area contributed by atoms with E-state index < -0.39 is 23.6 Å². The smallest absolute Gasteiger partial charge is 0.252 e. The van der Waals surface area contributed by atoms with Gasteiger partial charge >= 0.3 is 0 Å². The average molecular weight is 278 g/mol. The van der Waals surface area contributed by atoms with Gasteiger partial charge in [0.1, 0.15) is 0 Å². The van der Waals surface area contributed by atoms with Crippen LogP contribution in [0.1, 0.15) is 30.1 Å². The molecule has 1 aromatic carbocycles. The predicted molar refractivity (Wildman–Crippen MR) is 64.6 cm³/mol. The molecule has 0 aromatic heterocycles. The third-order valence-electron chi connectivity index (χ3n) is 2.37. The summed E-state index contributed by atoms with van der Waals surface area (Å²) in [4.78, 5) is 11.6. The van der Waals surface area contributed by atoms with E-state index in [1.165, 1.54) is 0 Å². The van der Waals surface area contributed by atoms with Crippen molar-refractivity contribution in [1.29, 1.82) is 0 Å². The Labute approximate surface area is 109 Å². The second-order valence-corrected chi connectivity index (χ2v) is 4.31. The fraction of sp³-hybridized carbons (Fsp3) is 0.417. The van der Waals surface area contributed by atoms with E-state index in [1.807, 2.05) is 6.92 Å². The van der Waals surface area contributed by atoms with Gasteiger partial charge in [0, 0.05) is 6.54 Å². The summed E-state index contributed by atoms with van der Waals surface area (Å²) in [6.07, 6.45) is 0.664. The lowest BCUT2D eigenvalue weighted by atomic mass is 10.1. The summed E-state index contributed by atoms with van der Waals surface area (Å²) in [6.45, 7) is 1.94. The second-order valence-electron chi connectivity index (χ2n) is 3.90. The molecule has 0 heterocycles. The molecule has 0 aliphatic carbocycles. The molecule has 18 heavy (non-hydrogen) atoms. The quantitative estimate of drug-likeness (QED) is 0.813. The molecular formula is C12H14ClF2NO2. The molecule has 0 bridgehead atoms. The first-order chi connectivity index (χ1) is 8.45. The number of rotatable bonds is 5. The van der Waals surface area contributed by atoms with Crippen molar-refractivity contribution in [2.75, 3.05) is 6.54 Å². The molecule has 0 aliphatic rings. The minimum Gasteiger partial charge on any atom is -0.391 e. The van der Waals surface area contributed by atoms with E-state index in [-0.39, 0.29) is 17.1 Å². The number of nitrogens with one attached hydrogen (secondary N) is 1. The number of aliphatic hydroxyl groups excluding tert-OH is 1. The van der Waals surface area contributed by atoms with E-state index in [4.69, 9.17) is 11.6 Å². The average Bonchev–Trinajstić information content (AvgIpc) is 2.31. The number of carbonyl (C=O) groups is 1. The second kappa shape index (κ2) is 6.66. The van der Waals surface area contributed by atoms with Gasteiger partial charge in [-0.1, -0.05) is 24.9 Å². The molecule has 0 fully saturated rings. The molecule has 2 N–H and O–H groups in total. The zero-order valence-corrected chi connectivity index (χ0v) is 10.6. The van der Waals surface area contributed by atoms with E-state index in [0.717, 1.165) is 18.6 Å². The van der Waals surface area contributed by atoms with Gasteiger partial charge in [-0.2, -0.15) is 0 Å². The number of amides is 1. The topological polar surface area (TPSA) is 49.3 Å². The summed E-state index contributed by atoms with van der Waals surface area (Å²) in [5, 5.41) is 11.7. The summed E-state index contributed by atoms with van der Waals surface area (Å²) in [5.74, 6) is -2.89. The number of hydrogen-bond acceptors (Lipinski definition) is 2. The Morgan fingerprint density at radius 1 is 1.44 bits per heavy atom. The van der Waals surface area contributed by atoms with Gasteiger partial charge in [0.25, 0.3) is 5.91 Å². The van der Waals surface area contributed by atoms with Crippen LogP contribution in [-0.4, -0.2) is 23.7 Å². The lowest BCUT2D eigenvalue weighted by molar-refractivity contribution is 0.0909. The molecule has 1 rings (SSSR count). The van der Waals surface area contributed by atoms with Gasteiger partial charge in [0.15, 0.2) is 11.6 Å². The van der Waals surface area contributed by atoms with Gasteiger partial charge in [0.05, 0.1) is 16.7 Å². The van der Waals surface area contributed by atoms with Gasteiger partial charge in [0.2, 0.25) is 0 Å². The maximum absolute atomic E-state index is 13.0. The highest BCUT2D eigenvalue weighted by molar-refractivity contribution is 6.33. The maximum atomic E-state index is 13.0. The van der Waals surface area contributed by atoms with Crippen LogP contribution in [-0.2, 0) is 0 Å². The van der Waals surface area contributed by atoms with E-state index in [1.54, 1.807) is 0 Å². The largest absolute Gasteiger partial charge is 0.391 e. The van der Waals surface area contributed by atoms with Crippen molar-refractivity contribution in [2.45, 2.75) is 25.9 Å². The highest BCUT2D eigenvalue weighted by atomic mass is 35.5. The normalized spacial score (nSPS) is 12.3. The molecule has 1 amide bonds. The zero-order chi connectivity index (χ0) is 13.7. The van der Waals surface area contributed by atoms with E-state index in [2.05, 4.69) is 5.32 Å². The first-order valence-electron chi connectivity index (χ1n) is 5.56. The summed E-state index contributed by atoms with van der Waals surface area (Å²) in [5.41, 5.74) is -0.153. The molecular weight excluding hydrogens is 264 g/mol. The molecule has 1 aromatic rings. The van der Waals surface area contributed by atoms with Crippen molar-refractivity contribution in [2.24, 2.45) is 0 Å². The molecule has 100 valence electrons. The van der Waals surface area contributed by atoms with Crippen LogP contribution in [0.2, 0.25) is 5.02 Å². The van der Waals surface area contributed by atoms with Crippen molar-refractivity contribution < 1.29 is 18.7 Å². The SMILES string of the molecule is CCCC(O)CNC(=O)c1cc(F)c(F)cc1Cl. The first-order valence-corrected chi connectivity index (χ1v) is 5.94. The zero-order valence-electron chi connectivity index (χ0n) is 9.84. The predicted octanol–water partition coefficient (Wildman–Crippen LogP) is 2.51. The minimum atomic E-state index is -1.14. The van der Waals surface area contributed by atoms with Crippen LogP contribution >= 0.6 is 11.6 Å². The monoisotopic (exact) mass is 277 g/mol. The van der Waals surface area contributed by atoms with E-state index in [9.17, 15) is 18.7 Å². The Morgan fingerprint density at radius 3 is 2.67 bits per heavy atom. The first kappa shape index (κ1) is 14.9. The van der Waals surface area contributed by atoms with Crippen molar-refractivity contribution in [1.82, 2.24) is 5.32 Å². The minimum absolute atomic E-state index is 0.0436. The molecule has 0 aliphatic heterocycles. The molecule has 0 spiro atoms. The van der Waals surface area contributed by atoms with Crippen LogP contribution in [0.15, 0.2) is 12.1 Å². The fourth-order valence-electron chi connectivity index (χ4n) is 1.44. The van der Waals surface area contributed by atoms with Crippen LogP contribution in [0.25, 0.3) is 0 Å². The van der Waals surface area contributed by atoms with Crippen molar-refractivity contribution in [3.63, 3.8) is 0 Å². The number of hydrogen-bond donors (Lipinski definition) is 2. The third-order valence-corrected chi connectivity index (χ3v) is 2.69. The van der Waals surface area contributed by atoms with Gasteiger partial charge in [-0.25, -0.2) is 8.78 Å². The van der Waals surface area contributed by atoms with Gasteiger partial charge in [-0.15, -0.1) is 0 Å². The Morgan fingerprint density at radius 2 is 2.06 bits per heavy atom. The molecule has 0 saturated carbocycles. The molecule has 1 unspecified atom stereocenters. The maximum Gasteiger partial charge on any atom is 0.252 e. The molecule has 3 nitrogen and oxygen atoms in total. The molecule has 6 heteroatoms. The molecule has 0 radical (unpaired) electrons. The fourth-order valence-corrected chi connectivity index (χ4v) is 1.67. The highest BCUT2D eigenvalue weighted by Crippen LogP contribution is 2.19. The van der Waals surface area contributed by atoms with Gasteiger partial charge in [-0.3, -0.25) is 4.79 Å². The Hall–Kier alpha value is -1.20. The van der Waals surface area contributed by atoms with Crippen LogP contribution < -0.4 is 5.32 Å². The highest BCUT2D eigenvalue weighted by Gasteiger charge is 2.15. The van der Waals surface area contributed by atoms with Crippen molar-refractivity contribution in [3.8, 4) is 0 Å². The lowest BCUT2D eigenvalue weighted by Crippen LogP contribution is -2.32. The number of aliphatic hydroxyl groups is 1. The van der Waals surface area contributed by atoms with Crippen LogP contribution in [0, 0.1) is 11.6 Å². The molecule has 0 saturated heterocycles. The molecule has 1 atom stereocenters. The summed E-state index contributed by atoms with van der Waals surface area (Å²) >= 11 is 5.64. The lowest BCUT2D eigenvalue weighted by Gasteiger charge is -2.11. The standard InChI is InChI=1S/C12H14ClF2NO2/c1-2-3-7(17)6-16-12(18)8-4-10(14)11(15)5-9(8)13/h4-5,7,17H,2-3,6H2,1H3,(H,16,18).